The summed E-state index contributed by atoms with van der Waals surface area (Å²) in [6, 6.07) is 2.29. The predicted molar refractivity (Wildman–Crippen MR) is 110 cm³/mol. The second-order valence-electron chi connectivity index (χ2n) is 8.67. The molecule has 0 radical (unpaired) electrons. The summed E-state index contributed by atoms with van der Waals surface area (Å²) < 4.78 is 12.3. The molecule has 2 aromatic heterocycles. The van der Waals surface area contributed by atoms with E-state index in [4.69, 9.17) is 9.31 Å². The van der Waals surface area contributed by atoms with Crippen molar-refractivity contribution in [3.63, 3.8) is 0 Å². The Morgan fingerprint density at radius 1 is 1.19 bits per heavy atom. The van der Waals surface area contributed by atoms with Gasteiger partial charge in [-0.25, -0.2) is 4.98 Å². The molecule has 1 saturated carbocycles. The van der Waals surface area contributed by atoms with Crippen molar-refractivity contribution in [3.05, 3.63) is 23.2 Å². The van der Waals surface area contributed by atoms with Gasteiger partial charge in [0, 0.05) is 28.5 Å². The third kappa shape index (κ3) is 3.53. The number of hydrogen-bond donors (Lipinski definition) is 1. The summed E-state index contributed by atoms with van der Waals surface area (Å²) in [4.78, 5) is 18.2. The number of aromatic nitrogens is 1. The molecule has 0 spiro atoms. The average molecular weight is 386 g/mol. The summed E-state index contributed by atoms with van der Waals surface area (Å²) in [7, 11) is -0.471. The van der Waals surface area contributed by atoms with E-state index in [0.29, 0.717) is 11.6 Å². The number of carbonyl (C=O) groups excluding carboxylic acids is 1. The number of thiophene rings is 1. The van der Waals surface area contributed by atoms with Crippen LogP contribution in [0.1, 0.15) is 70.2 Å². The monoisotopic (exact) mass is 386 g/mol. The van der Waals surface area contributed by atoms with Crippen LogP contribution in [0.2, 0.25) is 0 Å². The van der Waals surface area contributed by atoms with Gasteiger partial charge in [0.25, 0.3) is 5.91 Å². The van der Waals surface area contributed by atoms with Gasteiger partial charge in [-0.2, -0.15) is 0 Å². The molecule has 1 amide bonds. The molecule has 5 nitrogen and oxygen atoms in total. The Hall–Kier alpha value is -1.44. The zero-order chi connectivity index (χ0) is 19.2. The molecule has 3 heterocycles. The molecule has 1 aliphatic carbocycles. The fourth-order valence-electron chi connectivity index (χ4n) is 3.73. The van der Waals surface area contributed by atoms with Crippen molar-refractivity contribution >= 4 is 40.0 Å². The highest BCUT2D eigenvalue weighted by Gasteiger charge is 2.51. The van der Waals surface area contributed by atoms with E-state index in [0.717, 1.165) is 28.5 Å². The fourth-order valence-corrected chi connectivity index (χ4v) is 4.60. The number of amides is 1. The Labute approximate surface area is 165 Å². The van der Waals surface area contributed by atoms with Gasteiger partial charge >= 0.3 is 7.12 Å². The minimum absolute atomic E-state index is 0.000943. The van der Waals surface area contributed by atoms with E-state index in [9.17, 15) is 4.79 Å². The van der Waals surface area contributed by atoms with Crippen molar-refractivity contribution in [2.75, 3.05) is 0 Å². The summed E-state index contributed by atoms with van der Waals surface area (Å²) in [5.41, 5.74) is 0.753. The van der Waals surface area contributed by atoms with Crippen molar-refractivity contribution in [3.8, 4) is 0 Å². The van der Waals surface area contributed by atoms with Crippen LogP contribution in [0.4, 0.5) is 0 Å². The molecular weight excluding hydrogens is 359 g/mol. The maximum atomic E-state index is 12.8. The number of rotatable bonds is 3. The highest BCUT2D eigenvalue weighted by atomic mass is 32.1. The first kappa shape index (κ1) is 18.9. The highest BCUT2D eigenvalue weighted by molar-refractivity contribution is 7.17. The number of carbonyl (C=O) groups is 1. The van der Waals surface area contributed by atoms with Gasteiger partial charge in [0.2, 0.25) is 0 Å². The minimum atomic E-state index is -0.471. The van der Waals surface area contributed by atoms with E-state index in [1.165, 1.54) is 30.6 Å². The SMILES string of the molecule is CC1(C)OB(c2cnc3scc(C(=O)NC4CCCCC4)c3c2)OC1(C)C. The molecule has 0 unspecified atom stereocenters. The molecule has 144 valence electrons. The van der Waals surface area contributed by atoms with E-state index < -0.39 is 18.3 Å². The van der Waals surface area contributed by atoms with Crippen molar-refractivity contribution in [1.82, 2.24) is 10.3 Å². The number of hydrogen-bond acceptors (Lipinski definition) is 5. The molecule has 1 saturated heterocycles. The average Bonchev–Trinajstić information content (AvgIpc) is 3.13. The number of nitrogens with one attached hydrogen (secondary N) is 1. The third-order valence-corrected chi connectivity index (χ3v) is 7.06. The van der Waals surface area contributed by atoms with Crippen molar-refractivity contribution in [1.29, 1.82) is 0 Å². The van der Waals surface area contributed by atoms with Gasteiger partial charge in [0.05, 0.1) is 16.8 Å². The van der Waals surface area contributed by atoms with Crippen LogP contribution in [0, 0.1) is 0 Å². The first-order valence-electron chi connectivity index (χ1n) is 9.80. The van der Waals surface area contributed by atoms with E-state index in [2.05, 4.69) is 10.3 Å². The standard InChI is InChI=1S/C20H27BN2O3S/c1-19(2)20(3,4)26-21(25-19)13-10-15-16(12-27-18(15)22-11-13)17(24)23-14-8-6-5-7-9-14/h10-12,14H,5-9H2,1-4H3,(H,23,24). The molecule has 7 heteroatoms. The lowest BCUT2D eigenvalue weighted by Gasteiger charge is -2.32. The second kappa shape index (κ2) is 6.87. The maximum absolute atomic E-state index is 12.8. The highest BCUT2D eigenvalue weighted by Crippen LogP contribution is 2.36. The molecule has 2 fully saturated rings. The van der Waals surface area contributed by atoms with E-state index in [-0.39, 0.29) is 5.91 Å². The van der Waals surface area contributed by atoms with Gasteiger partial charge < -0.3 is 14.6 Å². The summed E-state index contributed by atoms with van der Waals surface area (Å²) in [6.07, 6.45) is 7.61. The Balaban J connectivity index is 1.59. The van der Waals surface area contributed by atoms with Gasteiger partial charge in [0.1, 0.15) is 4.83 Å². The lowest BCUT2D eigenvalue weighted by atomic mass is 9.80. The molecule has 0 atom stereocenters. The molecule has 0 bridgehead atoms. The number of nitrogens with zero attached hydrogens (tertiary/aromatic N) is 1. The Bertz CT molecular complexity index is 842. The van der Waals surface area contributed by atoms with E-state index >= 15 is 0 Å². The molecule has 27 heavy (non-hydrogen) atoms. The molecule has 2 aromatic rings. The largest absolute Gasteiger partial charge is 0.496 e. The molecule has 0 aromatic carbocycles. The quantitative estimate of drug-likeness (QED) is 0.818. The van der Waals surface area contributed by atoms with Crippen LogP contribution in [0.25, 0.3) is 10.2 Å². The Morgan fingerprint density at radius 3 is 2.52 bits per heavy atom. The summed E-state index contributed by atoms with van der Waals surface area (Å²) in [5, 5.41) is 5.99. The third-order valence-electron chi connectivity index (χ3n) is 6.16. The zero-order valence-electron chi connectivity index (χ0n) is 16.5. The fraction of sp³-hybridized carbons (Fsp3) is 0.600. The van der Waals surface area contributed by atoms with E-state index in [1.54, 1.807) is 6.20 Å². The van der Waals surface area contributed by atoms with Crippen molar-refractivity contribution in [2.24, 2.45) is 0 Å². The Kier molecular flexibility index (Phi) is 4.81. The Morgan fingerprint density at radius 2 is 1.85 bits per heavy atom. The first-order chi connectivity index (χ1) is 12.8. The van der Waals surface area contributed by atoms with Crippen LogP contribution in [-0.4, -0.2) is 35.3 Å². The normalized spacial score (nSPS) is 22.3. The summed E-state index contributed by atoms with van der Waals surface area (Å²) >= 11 is 1.50. The van der Waals surface area contributed by atoms with Crippen molar-refractivity contribution in [2.45, 2.75) is 77.0 Å². The van der Waals surface area contributed by atoms with Crippen LogP contribution in [0.5, 0.6) is 0 Å². The topological polar surface area (TPSA) is 60.5 Å². The predicted octanol–water partition coefficient (Wildman–Crippen LogP) is 3.66. The van der Waals surface area contributed by atoms with Crippen LogP contribution < -0.4 is 10.8 Å². The summed E-state index contributed by atoms with van der Waals surface area (Å²) in [6.45, 7) is 8.14. The van der Waals surface area contributed by atoms with Gasteiger partial charge in [-0.05, 0) is 46.6 Å². The van der Waals surface area contributed by atoms with Crippen LogP contribution in [0.3, 0.4) is 0 Å². The van der Waals surface area contributed by atoms with Gasteiger partial charge in [0.15, 0.2) is 0 Å². The van der Waals surface area contributed by atoms with Gasteiger partial charge in [-0.1, -0.05) is 19.3 Å². The maximum Gasteiger partial charge on any atom is 0.496 e. The number of pyridine rings is 1. The number of fused-ring (bicyclic) bond motifs is 1. The first-order valence-corrected chi connectivity index (χ1v) is 10.7. The van der Waals surface area contributed by atoms with Crippen molar-refractivity contribution < 1.29 is 14.1 Å². The summed E-state index contributed by atoms with van der Waals surface area (Å²) in [5.74, 6) is 0.000943. The van der Waals surface area contributed by atoms with Gasteiger partial charge in [-0.3, -0.25) is 4.79 Å². The molecular formula is C20H27BN2O3S. The molecule has 2 aliphatic rings. The lowest BCUT2D eigenvalue weighted by molar-refractivity contribution is 0.00578. The van der Waals surface area contributed by atoms with E-state index in [1.807, 2.05) is 39.1 Å². The van der Waals surface area contributed by atoms with Crippen LogP contribution >= 0.6 is 11.3 Å². The molecule has 1 aliphatic heterocycles. The van der Waals surface area contributed by atoms with Crippen LogP contribution in [0.15, 0.2) is 17.6 Å². The van der Waals surface area contributed by atoms with Gasteiger partial charge in [-0.15, -0.1) is 11.3 Å². The second-order valence-corrected chi connectivity index (χ2v) is 9.53. The minimum Gasteiger partial charge on any atom is -0.399 e. The smallest absolute Gasteiger partial charge is 0.399 e. The van der Waals surface area contributed by atoms with Crippen LogP contribution in [-0.2, 0) is 9.31 Å². The lowest BCUT2D eigenvalue weighted by Crippen LogP contribution is -2.41. The molecule has 1 N–H and O–H groups in total. The molecule has 4 rings (SSSR count). The zero-order valence-corrected chi connectivity index (χ0v) is 17.3.